The number of anilines is 1. The summed E-state index contributed by atoms with van der Waals surface area (Å²) in [7, 11) is -6.63. The van der Waals surface area contributed by atoms with Crippen molar-refractivity contribution in [3.05, 3.63) is 41.7 Å². The van der Waals surface area contributed by atoms with Crippen LogP contribution in [-0.4, -0.2) is 78.2 Å². The van der Waals surface area contributed by atoms with Gasteiger partial charge in [-0.25, -0.2) is 0 Å². The number of carbonyl (C=O) groups is 3. The normalized spacial score (nSPS) is 16.5. The van der Waals surface area contributed by atoms with E-state index < -0.39 is 13.2 Å². The third-order valence-corrected chi connectivity index (χ3v) is 6.40. The number of aromatic nitrogens is 3. The number of likely N-dealkylation sites (N-methyl/N-ethyl adjacent to an activating group) is 1. The van der Waals surface area contributed by atoms with Crippen molar-refractivity contribution in [1.82, 2.24) is 20.1 Å². The fourth-order valence-electron chi connectivity index (χ4n) is 4.28. The Labute approximate surface area is 239 Å². The number of carbonyl (C=O) groups excluding carboxylic acids is 3. The van der Waals surface area contributed by atoms with Crippen LogP contribution in [0.3, 0.4) is 0 Å². The Hall–Kier alpha value is -3.26. The molecule has 0 aliphatic carbocycles. The number of likely N-dealkylation sites (tertiary alicyclic amines) is 1. The van der Waals surface area contributed by atoms with Crippen LogP contribution >= 0.6 is 7.81 Å². The molecule has 1 fully saturated rings. The number of hydrogen-bond acceptors (Lipinski definition) is 6. The molecule has 238 valence electrons. The van der Waals surface area contributed by atoms with Crippen molar-refractivity contribution in [1.29, 1.82) is 0 Å². The maximum atomic E-state index is 13.3. The van der Waals surface area contributed by atoms with Crippen LogP contribution in [0.4, 0.5) is 30.9 Å². The van der Waals surface area contributed by atoms with E-state index in [-0.39, 0.29) is 17.8 Å². The monoisotopic (exact) mass is 630 g/mol. The van der Waals surface area contributed by atoms with Crippen LogP contribution in [0.15, 0.2) is 30.5 Å². The van der Waals surface area contributed by atoms with Crippen LogP contribution in [0.1, 0.15) is 49.2 Å². The fourth-order valence-corrected chi connectivity index (χ4v) is 4.28. The molecule has 0 saturated carbocycles. The number of benzene rings is 1. The zero-order valence-corrected chi connectivity index (χ0v) is 24.8. The van der Waals surface area contributed by atoms with Crippen molar-refractivity contribution in [2.24, 2.45) is 5.41 Å². The van der Waals surface area contributed by atoms with Gasteiger partial charge in [-0.2, -0.15) is 4.68 Å². The van der Waals surface area contributed by atoms with E-state index in [4.69, 9.17) is 4.74 Å². The summed E-state index contributed by atoms with van der Waals surface area (Å²) in [5, 5.41) is 10.2. The molecule has 2 amide bonds. The van der Waals surface area contributed by atoms with Gasteiger partial charge in [0.1, 0.15) is 6.54 Å². The molecule has 2 heterocycles. The van der Waals surface area contributed by atoms with Gasteiger partial charge in [-0.3, -0.25) is 14.4 Å². The molecule has 0 bridgehead atoms. The van der Waals surface area contributed by atoms with E-state index in [2.05, 4.69) is 20.5 Å². The van der Waals surface area contributed by atoms with Gasteiger partial charge in [-0.15, -0.1) is 0 Å². The predicted octanol–water partition coefficient (Wildman–Crippen LogP) is 5.02. The number of nitrogens with zero attached hydrogens (tertiary/aromatic N) is 4. The van der Waals surface area contributed by atoms with Crippen LogP contribution in [0.25, 0.3) is 0 Å². The molecule has 1 aromatic carbocycles. The van der Waals surface area contributed by atoms with Gasteiger partial charge in [-0.05, 0) is 46.0 Å². The summed E-state index contributed by atoms with van der Waals surface area (Å²) >= 11 is 0. The molecule has 1 saturated heterocycles. The van der Waals surface area contributed by atoms with Gasteiger partial charge in [0.05, 0.1) is 23.3 Å². The van der Waals surface area contributed by atoms with Crippen LogP contribution in [0.2, 0.25) is 0 Å². The molecular weight excluding hydrogens is 593 g/mol. The van der Waals surface area contributed by atoms with Crippen LogP contribution in [-0.2, 0) is 27.3 Å². The van der Waals surface area contributed by atoms with E-state index in [1.165, 1.54) is 0 Å². The van der Waals surface area contributed by atoms with Gasteiger partial charge in [0.15, 0.2) is 6.20 Å². The summed E-state index contributed by atoms with van der Waals surface area (Å²) < 4.78 is 66.6. The molecule has 17 heteroatoms. The number of esters is 1. The molecule has 2 N–H and O–H groups in total. The van der Waals surface area contributed by atoms with Crippen molar-refractivity contribution in [2.45, 2.75) is 46.1 Å². The molecule has 0 atom stereocenters. The number of para-hydroxylation sites is 1. The first kappa shape index (κ1) is 34.9. The Balaban J connectivity index is 0.000000782. The van der Waals surface area contributed by atoms with Crippen LogP contribution in [0, 0.1) is 5.41 Å². The van der Waals surface area contributed by atoms with E-state index in [0.717, 1.165) is 18.8 Å². The summed E-state index contributed by atoms with van der Waals surface area (Å²) in [4.78, 5) is 42.1. The van der Waals surface area contributed by atoms with Crippen molar-refractivity contribution < 1.29 is 49.0 Å². The second-order valence-electron chi connectivity index (χ2n) is 10.2. The summed E-state index contributed by atoms with van der Waals surface area (Å²) in [5.74, 6) is -0.548. The number of hydrogen-bond donors (Lipinski definition) is 2. The van der Waals surface area contributed by atoms with Crippen LogP contribution in [0.5, 0.6) is 0 Å². The Morgan fingerprint density at radius 1 is 1.10 bits per heavy atom. The molecule has 2 aromatic rings. The topological polar surface area (TPSA) is 112 Å². The number of nitrogens with one attached hydrogen (secondary N) is 2. The Kier molecular flexibility index (Phi) is 10.8. The van der Waals surface area contributed by atoms with Gasteiger partial charge in [0.2, 0.25) is 11.6 Å². The first-order valence-corrected chi connectivity index (χ1v) is 15.3. The number of amides is 2. The maximum absolute atomic E-state index is 13.3. The zero-order chi connectivity index (χ0) is 31.8. The van der Waals surface area contributed by atoms with Gasteiger partial charge in [0, 0.05) is 37.6 Å². The number of rotatable bonds is 10. The predicted molar refractivity (Wildman–Crippen MR) is 144 cm³/mol. The summed E-state index contributed by atoms with van der Waals surface area (Å²) in [6, 6.07) is 7.03. The number of halogens is 6. The standard InChI is InChI=1S/C25H36N6O4.F6P/c1-5-22(32)26-21-10-8-7-9-20(21)23(33)30-13-11-25(12-14-30,24(34)35-6-2)17-19-18-31(28-27-19)16-15-29(3)4;1-7(2,3,4,5)6/h7-10,18H,5-6,11-17H2,1-4H3,(H,26,32,33);/q;-1/p+1. The van der Waals surface area contributed by atoms with E-state index >= 15 is 0 Å². The average Bonchev–Trinajstić information content (AvgIpc) is 3.33. The second kappa shape index (κ2) is 12.9. The van der Waals surface area contributed by atoms with E-state index in [9.17, 15) is 39.6 Å². The molecule has 0 radical (unpaired) electrons. The first-order valence-electron chi connectivity index (χ1n) is 13.2. The summed E-state index contributed by atoms with van der Waals surface area (Å²) in [6.45, 7) is 6.34. The molecule has 1 aromatic heterocycles. The van der Waals surface area contributed by atoms with E-state index in [0.29, 0.717) is 56.6 Å². The van der Waals surface area contributed by atoms with Crippen LogP contribution < -0.4 is 10.00 Å². The molecule has 42 heavy (non-hydrogen) atoms. The van der Waals surface area contributed by atoms with Crippen molar-refractivity contribution in [3.8, 4) is 0 Å². The summed E-state index contributed by atoms with van der Waals surface area (Å²) in [5.41, 5.74) is 1.01. The van der Waals surface area contributed by atoms with Crippen molar-refractivity contribution >= 4 is 31.3 Å². The Morgan fingerprint density at radius 2 is 1.69 bits per heavy atom. The average molecular weight is 631 g/mol. The Morgan fingerprint density at radius 3 is 2.24 bits per heavy atom. The summed E-state index contributed by atoms with van der Waals surface area (Å²) in [6.07, 6.45) is 3.67. The number of aromatic amines is 1. The quantitative estimate of drug-likeness (QED) is 0.165. The third-order valence-electron chi connectivity index (χ3n) is 6.40. The first-order chi connectivity index (χ1) is 19.2. The molecule has 1 aliphatic heterocycles. The Bertz CT molecular complexity index is 1240. The zero-order valence-electron chi connectivity index (χ0n) is 23.9. The minimum atomic E-state index is -10.7. The van der Waals surface area contributed by atoms with Gasteiger partial charge >= 0.3 is 39.0 Å². The molecular formula is C25H37F6N6O4P. The number of H-pyrrole nitrogens is 1. The fraction of sp³-hybridized carbons (Fsp3) is 0.560. The van der Waals surface area contributed by atoms with Gasteiger partial charge in [0.25, 0.3) is 5.91 Å². The number of ether oxygens (including phenoxy) is 1. The second-order valence-corrected chi connectivity index (χ2v) is 12.1. The minimum absolute atomic E-state index is 0.146. The number of piperidine rings is 1. The SMILES string of the molecule is CCOC(=O)C1(Cc2c[n+](CCN(C)C)[nH]n2)CCN(C(=O)c2ccccc2NC(=O)CC)CC1.F[P-](F)(F)(F)(F)F. The molecule has 0 unspecified atom stereocenters. The molecule has 10 nitrogen and oxygen atoms in total. The molecule has 0 spiro atoms. The van der Waals surface area contributed by atoms with Crippen molar-refractivity contribution in [2.75, 3.05) is 45.7 Å². The van der Waals surface area contributed by atoms with Gasteiger partial charge in [-0.1, -0.05) is 24.3 Å². The van der Waals surface area contributed by atoms with E-state index in [1.807, 2.05) is 25.0 Å². The molecule has 1 aliphatic rings. The third kappa shape index (κ3) is 12.3. The van der Waals surface area contributed by atoms with E-state index in [1.54, 1.807) is 43.0 Å². The van der Waals surface area contributed by atoms with Crippen molar-refractivity contribution in [3.63, 3.8) is 0 Å². The van der Waals surface area contributed by atoms with Gasteiger partial charge < -0.3 is 19.9 Å². The molecule has 3 rings (SSSR count).